The van der Waals surface area contributed by atoms with Gasteiger partial charge in [-0.05, 0) is 114 Å². The van der Waals surface area contributed by atoms with Gasteiger partial charge >= 0.3 is 0 Å². The van der Waals surface area contributed by atoms with E-state index in [1.807, 2.05) is 135 Å². The second kappa shape index (κ2) is 19.2. The Bertz CT molecular complexity index is 2250. The van der Waals surface area contributed by atoms with Gasteiger partial charge in [-0.1, -0.05) is 78.4 Å². The molecule has 1 aliphatic heterocycles. The van der Waals surface area contributed by atoms with Crippen LogP contribution in [0.2, 0.25) is 0 Å². The van der Waals surface area contributed by atoms with Crippen LogP contribution in [-0.2, 0) is 24.5 Å². The molecular formula is C50H51N3O5. The minimum atomic E-state index is -0.119. The number of carbonyl (C=O) groups is 2. The monoisotopic (exact) mass is 773 g/mol. The first-order valence-electron chi connectivity index (χ1n) is 20.0. The molecule has 0 saturated carbocycles. The summed E-state index contributed by atoms with van der Waals surface area (Å²) >= 11 is 0. The summed E-state index contributed by atoms with van der Waals surface area (Å²) in [6.07, 6.45) is 1.69. The highest BCUT2D eigenvalue weighted by atomic mass is 16.5. The number of hydrogen-bond donors (Lipinski definition) is 1. The molecule has 8 heteroatoms. The number of benzene rings is 6. The molecule has 2 amide bonds. The van der Waals surface area contributed by atoms with Crippen molar-refractivity contribution < 1.29 is 23.8 Å². The minimum Gasteiger partial charge on any atom is -0.490 e. The highest BCUT2D eigenvalue weighted by molar-refractivity contribution is 5.95. The minimum absolute atomic E-state index is 0.0827. The third kappa shape index (κ3) is 10.5. The van der Waals surface area contributed by atoms with E-state index in [-0.39, 0.29) is 17.9 Å². The molecule has 6 aromatic carbocycles. The SMILES string of the molecule is CCOCc1ccc(N(C)c2cccc(CNC(=O)c3ccc(-c4ccc(OCc5ccc(OC6CCN(C(=O)c7ccc(C)cc7)CC6)cc5)cc4)cc3)c2)cc1. The second-order valence-electron chi connectivity index (χ2n) is 14.7. The van der Waals surface area contributed by atoms with Crippen molar-refractivity contribution in [3.05, 3.63) is 179 Å². The zero-order valence-electron chi connectivity index (χ0n) is 33.5. The molecule has 58 heavy (non-hydrogen) atoms. The van der Waals surface area contributed by atoms with Crippen LogP contribution in [0.15, 0.2) is 146 Å². The molecule has 0 radical (unpaired) electrons. The first-order valence-corrected chi connectivity index (χ1v) is 20.0. The molecular weight excluding hydrogens is 723 g/mol. The Balaban J connectivity index is 0.839. The third-order valence-corrected chi connectivity index (χ3v) is 10.5. The predicted molar refractivity (Wildman–Crippen MR) is 231 cm³/mol. The van der Waals surface area contributed by atoms with Crippen LogP contribution in [0.5, 0.6) is 11.5 Å². The van der Waals surface area contributed by atoms with Gasteiger partial charge in [-0.3, -0.25) is 9.59 Å². The number of piperidine rings is 1. The van der Waals surface area contributed by atoms with Gasteiger partial charge in [-0.2, -0.15) is 0 Å². The lowest BCUT2D eigenvalue weighted by molar-refractivity contribution is 0.0595. The van der Waals surface area contributed by atoms with E-state index in [2.05, 4.69) is 46.6 Å². The molecule has 1 N–H and O–H groups in total. The molecule has 1 saturated heterocycles. The Morgan fingerprint density at radius 3 is 1.95 bits per heavy atom. The molecule has 0 atom stereocenters. The number of nitrogens with zero attached hydrogens (tertiary/aromatic N) is 2. The summed E-state index contributed by atoms with van der Waals surface area (Å²) in [5.74, 6) is 1.57. The number of likely N-dealkylation sites (tertiary alicyclic amines) is 1. The van der Waals surface area contributed by atoms with Crippen LogP contribution in [0.25, 0.3) is 11.1 Å². The van der Waals surface area contributed by atoms with Crippen LogP contribution in [0.3, 0.4) is 0 Å². The highest BCUT2D eigenvalue weighted by Gasteiger charge is 2.24. The Hall–Kier alpha value is -6.38. The van der Waals surface area contributed by atoms with Crippen LogP contribution in [-0.4, -0.2) is 49.6 Å². The summed E-state index contributed by atoms with van der Waals surface area (Å²) in [6.45, 7) is 7.57. The lowest BCUT2D eigenvalue weighted by atomic mass is 10.0. The summed E-state index contributed by atoms with van der Waals surface area (Å²) in [7, 11) is 2.04. The lowest BCUT2D eigenvalue weighted by Gasteiger charge is -2.32. The average Bonchev–Trinajstić information content (AvgIpc) is 3.28. The molecule has 296 valence electrons. The van der Waals surface area contributed by atoms with Crippen molar-refractivity contribution in [1.29, 1.82) is 0 Å². The molecule has 0 spiro atoms. The summed E-state index contributed by atoms with van der Waals surface area (Å²) < 4.78 is 17.9. The molecule has 8 nitrogen and oxygen atoms in total. The number of carbonyl (C=O) groups excluding carboxylic acids is 2. The van der Waals surface area contributed by atoms with E-state index in [9.17, 15) is 9.59 Å². The largest absolute Gasteiger partial charge is 0.490 e. The quantitative estimate of drug-likeness (QED) is 0.112. The van der Waals surface area contributed by atoms with E-state index in [1.54, 1.807) is 0 Å². The maximum Gasteiger partial charge on any atom is 0.253 e. The zero-order valence-corrected chi connectivity index (χ0v) is 33.5. The molecule has 0 bridgehead atoms. The van der Waals surface area contributed by atoms with Crippen molar-refractivity contribution in [3.63, 3.8) is 0 Å². The van der Waals surface area contributed by atoms with Crippen LogP contribution in [0.1, 0.15) is 62.7 Å². The van der Waals surface area contributed by atoms with E-state index in [0.29, 0.717) is 45.0 Å². The Kier molecular flexibility index (Phi) is 13.2. The van der Waals surface area contributed by atoms with Crippen molar-refractivity contribution >= 4 is 23.2 Å². The van der Waals surface area contributed by atoms with Crippen molar-refractivity contribution in [1.82, 2.24) is 10.2 Å². The summed E-state index contributed by atoms with van der Waals surface area (Å²) in [4.78, 5) is 30.0. The summed E-state index contributed by atoms with van der Waals surface area (Å²) in [6, 6.07) is 48.0. The van der Waals surface area contributed by atoms with Gasteiger partial charge in [0.1, 0.15) is 24.2 Å². The maximum absolute atomic E-state index is 13.1. The normalized spacial score (nSPS) is 12.8. The second-order valence-corrected chi connectivity index (χ2v) is 14.7. The maximum atomic E-state index is 13.1. The van der Waals surface area contributed by atoms with Crippen LogP contribution >= 0.6 is 0 Å². The average molecular weight is 774 g/mol. The molecule has 1 aliphatic rings. The summed E-state index contributed by atoms with van der Waals surface area (Å²) in [5, 5.41) is 3.07. The van der Waals surface area contributed by atoms with E-state index >= 15 is 0 Å². The van der Waals surface area contributed by atoms with Gasteiger partial charge in [0.05, 0.1) is 6.61 Å². The summed E-state index contributed by atoms with van der Waals surface area (Å²) in [5.41, 5.74) is 9.88. The van der Waals surface area contributed by atoms with E-state index < -0.39 is 0 Å². The molecule has 1 heterocycles. The standard InChI is InChI=1S/C50H51N3O5/c1-4-56-34-37-10-22-44(23-11-37)52(3)45-7-5-6-39(32-45)33-51-49(54)42-18-16-40(17-19-42)41-20-26-46(27-21-41)57-35-38-12-24-47(25-13-38)58-48-28-30-53(31-29-48)50(55)43-14-8-36(2)9-15-43/h5-27,32,48H,4,28-31,33-35H2,1-3H3,(H,51,54). The van der Waals surface area contributed by atoms with Gasteiger partial charge in [0.25, 0.3) is 11.8 Å². The molecule has 7 rings (SSSR count). The number of rotatable bonds is 15. The molecule has 6 aromatic rings. The van der Waals surface area contributed by atoms with Gasteiger partial charge < -0.3 is 29.3 Å². The first kappa shape index (κ1) is 39.8. The van der Waals surface area contributed by atoms with Crippen molar-refractivity contribution in [2.45, 2.75) is 52.6 Å². The van der Waals surface area contributed by atoms with Crippen LogP contribution in [0, 0.1) is 6.92 Å². The number of anilines is 2. The van der Waals surface area contributed by atoms with Crippen LogP contribution in [0.4, 0.5) is 11.4 Å². The Morgan fingerprint density at radius 2 is 1.28 bits per heavy atom. The van der Waals surface area contributed by atoms with Crippen molar-refractivity contribution in [3.8, 4) is 22.6 Å². The number of ether oxygens (including phenoxy) is 3. The van der Waals surface area contributed by atoms with Gasteiger partial charge in [0.15, 0.2) is 0 Å². The fourth-order valence-electron chi connectivity index (χ4n) is 6.98. The van der Waals surface area contributed by atoms with Crippen molar-refractivity contribution in [2.24, 2.45) is 0 Å². The van der Waals surface area contributed by atoms with Crippen LogP contribution < -0.4 is 19.7 Å². The number of nitrogens with one attached hydrogen (secondary N) is 1. The fraction of sp³-hybridized carbons (Fsp3) is 0.240. The topological polar surface area (TPSA) is 80.3 Å². The Labute approximate surface area is 342 Å². The number of amides is 2. The van der Waals surface area contributed by atoms with Gasteiger partial charge in [-0.25, -0.2) is 0 Å². The molecule has 0 unspecified atom stereocenters. The lowest BCUT2D eigenvalue weighted by Crippen LogP contribution is -2.41. The highest BCUT2D eigenvalue weighted by Crippen LogP contribution is 2.27. The number of hydrogen-bond acceptors (Lipinski definition) is 6. The van der Waals surface area contributed by atoms with Crippen molar-refractivity contribution in [2.75, 3.05) is 31.6 Å². The molecule has 1 fully saturated rings. The number of aryl methyl sites for hydroxylation is 1. The van der Waals surface area contributed by atoms with Gasteiger partial charge in [0.2, 0.25) is 0 Å². The van der Waals surface area contributed by atoms with E-state index in [1.165, 1.54) is 0 Å². The predicted octanol–water partition coefficient (Wildman–Crippen LogP) is 10.2. The van der Waals surface area contributed by atoms with E-state index in [0.717, 1.165) is 74.7 Å². The van der Waals surface area contributed by atoms with Gasteiger partial charge in [-0.15, -0.1) is 0 Å². The molecule has 0 aromatic heterocycles. The zero-order chi connectivity index (χ0) is 40.3. The third-order valence-electron chi connectivity index (χ3n) is 10.5. The first-order chi connectivity index (χ1) is 28.3. The smallest absolute Gasteiger partial charge is 0.253 e. The Morgan fingerprint density at radius 1 is 0.672 bits per heavy atom. The van der Waals surface area contributed by atoms with Gasteiger partial charge in [0, 0.05) is 68.6 Å². The van der Waals surface area contributed by atoms with E-state index in [4.69, 9.17) is 14.2 Å². The fourth-order valence-corrected chi connectivity index (χ4v) is 6.98. The molecule has 0 aliphatic carbocycles.